The summed E-state index contributed by atoms with van der Waals surface area (Å²) in [5, 5.41) is 10.00. The highest BCUT2D eigenvalue weighted by Gasteiger charge is 2.17. The standard InChI is InChI=1S/C18H15N5/c19-17-15-14(16(21-22-17)12-7-3-1-4-8-12)11-23(18(15)20)13-9-5-2-6-10-13/h1-11H,20H2,(H2,19,22). The molecule has 0 unspecified atom stereocenters. The van der Waals surface area contributed by atoms with Crippen LogP contribution in [-0.4, -0.2) is 14.8 Å². The van der Waals surface area contributed by atoms with Crippen LogP contribution in [0, 0.1) is 0 Å². The third-order valence-electron chi connectivity index (χ3n) is 3.89. The van der Waals surface area contributed by atoms with Crippen molar-refractivity contribution in [3.05, 3.63) is 66.9 Å². The Kier molecular flexibility index (Phi) is 2.98. The molecule has 4 N–H and O–H groups in total. The summed E-state index contributed by atoms with van der Waals surface area (Å²) in [5.41, 5.74) is 15.1. The first-order valence-corrected chi connectivity index (χ1v) is 7.29. The van der Waals surface area contributed by atoms with E-state index in [0.29, 0.717) is 11.6 Å². The first-order valence-electron chi connectivity index (χ1n) is 7.29. The zero-order valence-corrected chi connectivity index (χ0v) is 12.3. The lowest BCUT2D eigenvalue weighted by Gasteiger charge is -2.05. The van der Waals surface area contributed by atoms with Crippen molar-refractivity contribution in [1.82, 2.24) is 14.8 Å². The van der Waals surface area contributed by atoms with Crippen molar-refractivity contribution in [2.24, 2.45) is 0 Å². The average molecular weight is 301 g/mol. The van der Waals surface area contributed by atoms with Gasteiger partial charge in [-0.15, -0.1) is 10.2 Å². The Hall–Kier alpha value is -3.34. The minimum atomic E-state index is 0.340. The van der Waals surface area contributed by atoms with Gasteiger partial charge in [0, 0.05) is 22.8 Å². The van der Waals surface area contributed by atoms with Crippen LogP contribution in [-0.2, 0) is 0 Å². The summed E-state index contributed by atoms with van der Waals surface area (Å²) in [6, 6.07) is 19.8. The molecule has 0 aliphatic carbocycles. The van der Waals surface area contributed by atoms with Crippen molar-refractivity contribution in [3.63, 3.8) is 0 Å². The largest absolute Gasteiger partial charge is 0.384 e. The molecule has 23 heavy (non-hydrogen) atoms. The van der Waals surface area contributed by atoms with Crippen molar-refractivity contribution >= 4 is 22.4 Å². The van der Waals surface area contributed by atoms with Gasteiger partial charge < -0.3 is 16.0 Å². The molecule has 0 spiro atoms. The zero-order valence-electron chi connectivity index (χ0n) is 12.3. The molecule has 2 aromatic carbocycles. The van der Waals surface area contributed by atoms with E-state index in [1.165, 1.54) is 0 Å². The molecule has 4 aromatic rings. The summed E-state index contributed by atoms with van der Waals surface area (Å²) < 4.78 is 1.91. The number of nitrogens with zero attached hydrogens (tertiary/aromatic N) is 3. The predicted molar refractivity (Wildman–Crippen MR) is 93.1 cm³/mol. The topological polar surface area (TPSA) is 82.8 Å². The van der Waals surface area contributed by atoms with Gasteiger partial charge in [0.25, 0.3) is 0 Å². The Morgan fingerprint density at radius 3 is 2.13 bits per heavy atom. The van der Waals surface area contributed by atoms with E-state index in [1.54, 1.807) is 0 Å². The quantitative estimate of drug-likeness (QED) is 0.595. The highest BCUT2D eigenvalue weighted by Crippen LogP contribution is 2.35. The molecular formula is C18H15N5. The van der Waals surface area contributed by atoms with Crippen molar-refractivity contribution < 1.29 is 0 Å². The van der Waals surface area contributed by atoms with E-state index in [0.717, 1.165) is 27.7 Å². The van der Waals surface area contributed by atoms with Crippen molar-refractivity contribution in [3.8, 4) is 16.9 Å². The van der Waals surface area contributed by atoms with Gasteiger partial charge in [-0.3, -0.25) is 0 Å². The summed E-state index contributed by atoms with van der Waals surface area (Å²) >= 11 is 0. The van der Waals surface area contributed by atoms with Crippen LogP contribution in [0.2, 0.25) is 0 Å². The fourth-order valence-electron chi connectivity index (χ4n) is 2.79. The van der Waals surface area contributed by atoms with Gasteiger partial charge in [0.05, 0.1) is 5.39 Å². The highest BCUT2D eigenvalue weighted by molar-refractivity contribution is 6.06. The van der Waals surface area contributed by atoms with E-state index in [1.807, 2.05) is 71.4 Å². The number of anilines is 2. The first kappa shape index (κ1) is 13.3. The fraction of sp³-hybridized carbons (Fsp3) is 0. The molecule has 2 heterocycles. The second-order valence-electron chi connectivity index (χ2n) is 5.31. The minimum Gasteiger partial charge on any atom is -0.384 e. The lowest BCUT2D eigenvalue weighted by Crippen LogP contribution is -2.00. The smallest absolute Gasteiger partial charge is 0.157 e. The van der Waals surface area contributed by atoms with Crippen LogP contribution in [0.4, 0.5) is 11.6 Å². The van der Waals surface area contributed by atoms with Gasteiger partial charge in [-0.1, -0.05) is 48.5 Å². The molecule has 4 rings (SSSR count). The second kappa shape index (κ2) is 5.14. The maximum atomic E-state index is 6.33. The van der Waals surface area contributed by atoms with Gasteiger partial charge in [0.1, 0.15) is 11.5 Å². The van der Waals surface area contributed by atoms with Gasteiger partial charge in [-0.25, -0.2) is 0 Å². The van der Waals surface area contributed by atoms with E-state index >= 15 is 0 Å². The van der Waals surface area contributed by atoms with Crippen LogP contribution in [0.15, 0.2) is 66.9 Å². The van der Waals surface area contributed by atoms with E-state index in [4.69, 9.17) is 11.5 Å². The van der Waals surface area contributed by atoms with Crippen molar-refractivity contribution in [1.29, 1.82) is 0 Å². The number of hydrogen-bond acceptors (Lipinski definition) is 4. The maximum absolute atomic E-state index is 6.33. The van der Waals surface area contributed by atoms with E-state index in [2.05, 4.69) is 10.2 Å². The van der Waals surface area contributed by atoms with Gasteiger partial charge in [-0.05, 0) is 12.1 Å². The highest BCUT2D eigenvalue weighted by atomic mass is 15.2. The molecule has 0 saturated carbocycles. The number of nitrogen functional groups attached to an aromatic ring is 2. The van der Waals surface area contributed by atoms with Gasteiger partial charge >= 0.3 is 0 Å². The Labute approximate surface area is 133 Å². The fourth-order valence-corrected chi connectivity index (χ4v) is 2.79. The molecule has 0 aliphatic rings. The Balaban J connectivity index is 2.04. The molecule has 112 valence electrons. The van der Waals surface area contributed by atoms with E-state index in [-0.39, 0.29) is 0 Å². The summed E-state index contributed by atoms with van der Waals surface area (Å²) in [5.74, 6) is 0.905. The zero-order chi connectivity index (χ0) is 15.8. The lowest BCUT2D eigenvalue weighted by molar-refractivity contribution is 1.07. The number of para-hydroxylation sites is 1. The summed E-state index contributed by atoms with van der Waals surface area (Å²) in [6.07, 6.45) is 1.97. The summed E-state index contributed by atoms with van der Waals surface area (Å²) in [4.78, 5) is 0. The van der Waals surface area contributed by atoms with Crippen LogP contribution >= 0.6 is 0 Å². The molecule has 0 saturated heterocycles. The number of hydrogen-bond donors (Lipinski definition) is 2. The Morgan fingerprint density at radius 2 is 1.43 bits per heavy atom. The first-order chi connectivity index (χ1) is 11.3. The van der Waals surface area contributed by atoms with Crippen LogP contribution in [0.1, 0.15) is 0 Å². The van der Waals surface area contributed by atoms with E-state index < -0.39 is 0 Å². The summed E-state index contributed by atoms with van der Waals surface area (Å²) in [7, 11) is 0. The molecule has 0 fully saturated rings. The molecular weight excluding hydrogens is 286 g/mol. The van der Waals surface area contributed by atoms with Gasteiger partial charge in [0.15, 0.2) is 5.82 Å². The maximum Gasteiger partial charge on any atom is 0.157 e. The number of aromatic nitrogens is 3. The third-order valence-corrected chi connectivity index (χ3v) is 3.89. The van der Waals surface area contributed by atoms with Gasteiger partial charge in [0.2, 0.25) is 0 Å². The minimum absolute atomic E-state index is 0.340. The predicted octanol–water partition coefficient (Wildman–Crippen LogP) is 3.25. The van der Waals surface area contributed by atoms with Gasteiger partial charge in [-0.2, -0.15) is 0 Å². The third kappa shape index (κ3) is 2.10. The van der Waals surface area contributed by atoms with Crippen molar-refractivity contribution in [2.75, 3.05) is 11.5 Å². The molecule has 5 nitrogen and oxygen atoms in total. The van der Waals surface area contributed by atoms with Crippen LogP contribution in [0.25, 0.3) is 27.7 Å². The number of nitrogens with two attached hydrogens (primary N) is 2. The number of fused-ring (bicyclic) bond motifs is 1. The van der Waals surface area contributed by atoms with Crippen LogP contribution < -0.4 is 11.5 Å². The molecule has 0 aliphatic heterocycles. The Bertz CT molecular complexity index is 975. The average Bonchev–Trinajstić information content (AvgIpc) is 2.95. The second-order valence-corrected chi connectivity index (χ2v) is 5.31. The van der Waals surface area contributed by atoms with E-state index in [9.17, 15) is 0 Å². The van der Waals surface area contributed by atoms with Crippen LogP contribution in [0.5, 0.6) is 0 Å². The van der Waals surface area contributed by atoms with Crippen LogP contribution in [0.3, 0.4) is 0 Å². The molecule has 0 amide bonds. The van der Waals surface area contributed by atoms with Crippen molar-refractivity contribution in [2.45, 2.75) is 0 Å². The number of rotatable bonds is 2. The SMILES string of the molecule is Nc1nnc(-c2ccccc2)c2cn(-c3ccccc3)c(N)c12. The molecule has 2 aromatic heterocycles. The number of benzene rings is 2. The summed E-state index contributed by atoms with van der Waals surface area (Å²) in [6.45, 7) is 0. The Morgan fingerprint density at radius 1 is 0.783 bits per heavy atom. The molecule has 0 atom stereocenters. The lowest BCUT2D eigenvalue weighted by atomic mass is 10.1. The molecule has 0 bridgehead atoms. The molecule has 0 radical (unpaired) electrons. The monoisotopic (exact) mass is 301 g/mol. The normalized spacial score (nSPS) is 11.0. The molecule has 5 heteroatoms.